The van der Waals surface area contributed by atoms with Crippen LogP contribution >= 0.6 is 11.8 Å². The highest BCUT2D eigenvalue weighted by Gasteiger charge is 2.57. The second-order valence-electron chi connectivity index (χ2n) is 9.41. The number of ether oxygens (including phenoxy) is 5. The van der Waals surface area contributed by atoms with Gasteiger partial charge in [-0.15, -0.1) is 0 Å². The SMILES string of the molecule is CCN(CC)c1ccc(C=C2SC(=O)N(C3OC(COC(C)=O)C(OC(C)=O)C(OC(C)=O)C3OC(C)=O)C2=O)cc1. The van der Waals surface area contributed by atoms with Crippen molar-refractivity contribution in [2.24, 2.45) is 0 Å². The van der Waals surface area contributed by atoms with E-state index < -0.39 is 72.3 Å². The van der Waals surface area contributed by atoms with Crippen LogP contribution in [-0.4, -0.2) is 90.3 Å². The minimum atomic E-state index is -1.62. The van der Waals surface area contributed by atoms with Gasteiger partial charge < -0.3 is 28.6 Å². The van der Waals surface area contributed by atoms with Crippen LogP contribution in [0.25, 0.3) is 6.08 Å². The summed E-state index contributed by atoms with van der Waals surface area (Å²) < 4.78 is 27.2. The third-order valence-corrected chi connectivity index (χ3v) is 7.25. The van der Waals surface area contributed by atoms with Gasteiger partial charge in [0.2, 0.25) is 0 Å². The smallest absolute Gasteiger partial charge is 0.303 e. The Morgan fingerprint density at radius 3 is 1.93 bits per heavy atom. The van der Waals surface area contributed by atoms with Gasteiger partial charge in [-0.3, -0.25) is 28.8 Å². The second kappa shape index (κ2) is 14.3. The minimum absolute atomic E-state index is 0.0726. The first-order chi connectivity index (χ1) is 19.9. The number of imide groups is 1. The summed E-state index contributed by atoms with van der Waals surface area (Å²) in [6.07, 6.45) is -5.88. The van der Waals surface area contributed by atoms with Crippen LogP contribution in [0.3, 0.4) is 0 Å². The summed E-state index contributed by atoms with van der Waals surface area (Å²) in [5.41, 5.74) is 1.67. The molecule has 2 fully saturated rings. The van der Waals surface area contributed by atoms with E-state index in [-0.39, 0.29) is 4.91 Å². The van der Waals surface area contributed by atoms with Crippen molar-refractivity contribution < 1.29 is 52.5 Å². The average molecular weight is 607 g/mol. The molecule has 42 heavy (non-hydrogen) atoms. The molecule has 228 valence electrons. The molecular weight excluding hydrogens is 572 g/mol. The molecule has 0 aliphatic carbocycles. The molecule has 0 bridgehead atoms. The van der Waals surface area contributed by atoms with Crippen LogP contribution in [0.4, 0.5) is 10.5 Å². The van der Waals surface area contributed by atoms with Crippen molar-refractivity contribution in [2.75, 3.05) is 24.6 Å². The van der Waals surface area contributed by atoms with Gasteiger partial charge in [0.15, 0.2) is 24.5 Å². The molecule has 0 radical (unpaired) electrons. The highest BCUT2D eigenvalue weighted by molar-refractivity contribution is 8.18. The predicted molar refractivity (Wildman–Crippen MR) is 150 cm³/mol. The summed E-state index contributed by atoms with van der Waals surface area (Å²) in [7, 11) is 0. The predicted octanol–water partition coefficient (Wildman–Crippen LogP) is 2.65. The second-order valence-corrected chi connectivity index (χ2v) is 10.4. The molecule has 2 aliphatic heterocycles. The quantitative estimate of drug-likeness (QED) is 0.218. The topological polar surface area (TPSA) is 155 Å². The molecule has 2 aliphatic rings. The van der Waals surface area contributed by atoms with Gasteiger partial charge in [0.1, 0.15) is 12.7 Å². The van der Waals surface area contributed by atoms with Crippen LogP contribution in [0, 0.1) is 0 Å². The number of amides is 2. The number of rotatable bonds is 10. The van der Waals surface area contributed by atoms with Crippen molar-refractivity contribution in [3.8, 4) is 0 Å². The zero-order chi connectivity index (χ0) is 31.1. The monoisotopic (exact) mass is 606 g/mol. The van der Waals surface area contributed by atoms with Crippen molar-refractivity contribution in [1.29, 1.82) is 0 Å². The number of thioether (sulfide) groups is 1. The number of esters is 4. The molecule has 1 aromatic carbocycles. The van der Waals surface area contributed by atoms with Crippen LogP contribution in [0.5, 0.6) is 0 Å². The summed E-state index contributed by atoms with van der Waals surface area (Å²) in [6, 6.07) is 7.44. The van der Waals surface area contributed by atoms with Gasteiger partial charge in [-0.1, -0.05) is 12.1 Å². The fourth-order valence-electron chi connectivity index (χ4n) is 4.63. The molecule has 3 rings (SSSR count). The first kappa shape index (κ1) is 32.6. The van der Waals surface area contributed by atoms with Crippen molar-refractivity contribution in [1.82, 2.24) is 4.90 Å². The summed E-state index contributed by atoms with van der Waals surface area (Å²) >= 11 is 0.646. The van der Waals surface area contributed by atoms with E-state index in [1.54, 1.807) is 6.08 Å². The summed E-state index contributed by atoms with van der Waals surface area (Å²) in [5, 5.41) is -0.744. The van der Waals surface area contributed by atoms with E-state index in [4.69, 9.17) is 23.7 Å². The Morgan fingerprint density at radius 1 is 0.857 bits per heavy atom. The molecule has 2 amide bonds. The van der Waals surface area contributed by atoms with Gasteiger partial charge >= 0.3 is 23.9 Å². The number of hydrogen-bond donors (Lipinski definition) is 0. The third-order valence-electron chi connectivity index (χ3n) is 6.36. The average Bonchev–Trinajstić information content (AvgIpc) is 3.18. The highest BCUT2D eigenvalue weighted by atomic mass is 32.2. The standard InChI is InChI=1S/C28H34N2O11S/c1-7-29(8-2)20-11-9-19(10-12-20)13-22-26(35)30(28(36)42-22)27-25(40-18(6)34)24(39-17(5)33)23(38-16(4)32)21(41-27)14-37-15(3)31/h9-13,21,23-25,27H,7-8,14H2,1-6H3. The maximum Gasteiger partial charge on any atom is 0.303 e. The normalized spacial score (nSPS) is 24.8. The van der Waals surface area contributed by atoms with E-state index in [0.29, 0.717) is 17.3 Å². The van der Waals surface area contributed by atoms with Gasteiger partial charge in [0.25, 0.3) is 11.1 Å². The van der Waals surface area contributed by atoms with E-state index in [0.717, 1.165) is 51.4 Å². The Hall–Kier alpha value is -3.91. The lowest BCUT2D eigenvalue weighted by Gasteiger charge is -2.46. The number of carbonyl (C=O) groups excluding carboxylic acids is 6. The van der Waals surface area contributed by atoms with E-state index >= 15 is 0 Å². The number of benzene rings is 1. The fraction of sp³-hybridized carbons (Fsp3) is 0.500. The summed E-state index contributed by atoms with van der Waals surface area (Å²) in [6.45, 7) is 9.63. The molecule has 2 saturated heterocycles. The highest BCUT2D eigenvalue weighted by Crippen LogP contribution is 2.39. The molecule has 5 atom stereocenters. The Labute approximate surface area is 247 Å². The van der Waals surface area contributed by atoms with Gasteiger partial charge in [0.05, 0.1) is 4.91 Å². The first-order valence-corrected chi connectivity index (χ1v) is 14.1. The molecule has 5 unspecified atom stereocenters. The van der Waals surface area contributed by atoms with Crippen molar-refractivity contribution in [3.05, 3.63) is 34.7 Å². The zero-order valence-corrected chi connectivity index (χ0v) is 25.0. The van der Waals surface area contributed by atoms with Crippen LogP contribution in [0.2, 0.25) is 0 Å². The molecule has 0 saturated carbocycles. The van der Waals surface area contributed by atoms with E-state index in [2.05, 4.69) is 4.90 Å². The summed E-state index contributed by atoms with van der Waals surface area (Å²) in [4.78, 5) is 77.5. The van der Waals surface area contributed by atoms with E-state index in [1.807, 2.05) is 38.1 Å². The molecule has 13 nitrogen and oxygen atoms in total. The Morgan fingerprint density at radius 2 is 1.40 bits per heavy atom. The number of carbonyl (C=O) groups is 6. The largest absolute Gasteiger partial charge is 0.463 e. The summed E-state index contributed by atoms with van der Waals surface area (Å²) in [5.74, 6) is -3.91. The Balaban J connectivity index is 2.00. The number of hydrogen-bond acceptors (Lipinski definition) is 13. The van der Waals surface area contributed by atoms with Crippen LogP contribution in [0.1, 0.15) is 47.1 Å². The molecule has 0 spiro atoms. The molecule has 0 aromatic heterocycles. The molecule has 1 aromatic rings. The first-order valence-electron chi connectivity index (χ1n) is 13.3. The fourth-order valence-corrected chi connectivity index (χ4v) is 5.49. The number of nitrogens with zero attached hydrogens (tertiary/aromatic N) is 2. The maximum absolute atomic E-state index is 13.6. The number of anilines is 1. The van der Waals surface area contributed by atoms with Crippen molar-refractivity contribution in [2.45, 2.75) is 72.2 Å². The molecule has 14 heteroatoms. The van der Waals surface area contributed by atoms with Gasteiger partial charge in [-0.05, 0) is 49.4 Å². The van der Waals surface area contributed by atoms with Gasteiger partial charge in [0, 0.05) is 46.5 Å². The Bertz CT molecular complexity index is 1240. The molecule has 2 heterocycles. The lowest BCUT2D eigenvalue weighted by atomic mass is 9.96. The van der Waals surface area contributed by atoms with Crippen LogP contribution in [-0.2, 0) is 47.7 Å². The van der Waals surface area contributed by atoms with Crippen LogP contribution < -0.4 is 4.90 Å². The lowest BCUT2D eigenvalue weighted by Crippen LogP contribution is -2.66. The lowest BCUT2D eigenvalue weighted by molar-refractivity contribution is -0.269. The Kier molecular flexibility index (Phi) is 11.1. The van der Waals surface area contributed by atoms with Gasteiger partial charge in [-0.25, -0.2) is 4.90 Å². The zero-order valence-electron chi connectivity index (χ0n) is 24.2. The minimum Gasteiger partial charge on any atom is -0.463 e. The molecule has 0 N–H and O–H groups in total. The maximum atomic E-state index is 13.6. The van der Waals surface area contributed by atoms with Crippen molar-refractivity contribution >= 4 is 58.5 Å². The van der Waals surface area contributed by atoms with E-state index in [9.17, 15) is 28.8 Å². The van der Waals surface area contributed by atoms with Crippen molar-refractivity contribution in [3.63, 3.8) is 0 Å². The van der Waals surface area contributed by atoms with Crippen LogP contribution in [0.15, 0.2) is 29.2 Å². The molecular formula is C28H34N2O11S. The van der Waals surface area contributed by atoms with Gasteiger partial charge in [-0.2, -0.15) is 0 Å². The van der Waals surface area contributed by atoms with E-state index in [1.165, 1.54) is 0 Å². The third kappa shape index (κ3) is 7.88.